The van der Waals surface area contributed by atoms with Gasteiger partial charge < -0.3 is 10.4 Å². The number of ketones is 1. The molecule has 39 heavy (non-hydrogen) atoms. The molecular weight excluding hydrogens is 482 g/mol. The van der Waals surface area contributed by atoms with E-state index in [2.05, 4.69) is 38.2 Å². The van der Waals surface area contributed by atoms with Crippen molar-refractivity contribution in [2.75, 3.05) is 6.54 Å². The molecule has 0 saturated heterocycles. The number of nitrogens with one attached hydrogen (secondary N) is 1. The third-order valence-corrected chi connectivity index (χ3v) is 9.46. The summed E-state index contributed by atoms with van der Waals surface area (Å²) in [5.41, 5.74) is 3.64. The van der Waals surface area contributed by atoms with E-state index in [0.29, 0.717) is 18.5 Å². The van der Waals surface area contributed by atoms with Crippen molar-refractivity contribution in [3.63, 3.8) is 0 Å². The van der Waals surface area contributed by atoms with E-state index < -0.39 is 5.60 Å². The Hall–Kier alpha value is -1.94. The number of allylic oxidation sites excluding steroid dienone is 6. The van der Waals surface area contributed by atoms with Crippen molar-refractivity contribution in [2.24, 2.45) is 5.41 Å². The molecule has 0 aliphatic heterocycles. The van der Waals surface area contributed by atoms with Crippen LogP contribution in [0.4, 0.5) is 0 Å². The molecule has 2 N–H and O–H groups in total. The zero-order chi connectivity index (χ0) is 28.3. The number of carbonyl (C=O) groups excluding carboxylic acids is 2. The third kappa shape index (κ3) is 8.06. The van der Waals surface area contributed by atoms with Crippen molar-refractivity contribution >= 4 is 11.7 Å². The van der Waals surface area contributed by atoms with Crippen LogP contribution < -0.4 is 5.32 Å². The second kappa shape index (κ2) is 15.2. The van der Waals surface area contributed by atoms with E-state index >= 15 is 0 Å². The van der Waals surface area contributed by atoms with Crippen LogP contribution in [0.1, 0.15) is 143 Å². The average molecular weight is 538 g/mol. The lowest BCUT2D eigenvalue weighted by atomic mass is 9.67. The number of amides is 1. The van der Waals surface area contributed by atoms with Crippen LogP contribution >= 0.6 is 0 Å². The highest BCUT2D eigenvalue weighted by Gasteiger charge is 2.64. The van der Waals surface area contributed by atoms with Gasteiger partial charge in [-0.2, -0.15) is 0 Å². The van der Waals surface area contributed by atoms with Gasteiger partial charge in [-0.05, 0) is 101 Å². The van der Waals surface area contributed by atoms with E-state index in [1.807, 2.05) is 6.08 Å². The van der Waals surface area contributed by atoms with Crippen molar-refractivity contribution in [1.29, 1.82) is 0 Å². The maximum absolute atomic E-state index is 13.1. The zero-order valence-electron chi connectivity index (χ0n) is 25.4. The van der Waals surface area contributed by atoms with Gasteiger partial charge in [-0.1, -0.05) is 76.0 Å². The normalized spacial score (nSPS) is 21.8. The average Bonchev–Trinajstić information content (AvgIpc) is 3.66. The third-order valence-electron chi connectivity index (χ3n) is 9.46. The monoisotopic (exact) mass is 537 g/mol. The van der Waals surface area contributed by atoms with Crippen LogP contribution in [0.3, 0.4) is 0 Å². The molecule has 218 valence electrons. The predicted octanol–water partition coefficient (Wildman–Crippen LogP) is 8.61. The van der Waals surface area contributed by atoms with Crippen LogP contribution in [0.2, 0.25) is 0 Å². The molecule has 0 aromatic heterocycles. The summed E-state index contributed by atoms with van der Waals surface area (Å²) < 4.78 is 0. The molecule has 0 aromatic rings. The summed E-state index contributed by atoms with van der Waals surface area (Å²) in [6, 6.07) is 0. The Labute approximate surface area is 238 Å². The zero-order valence-corrected chi connectivity index (χ0v) is 25.4. The van der Waals surface area contributed by atoms with Gasteiger partial charge in [-0.25, -0.2) is 0 Å². The molecule has 1 fully saturated rings. The van der Waals surface area contributed by atoms with Crippen molar-refractivity contribution in [3.05, 3.63) is 46.1 Å². The molecule has 3 aliphatic rings. The molecule has 0 aromatic carbocycles. The standard InChI is InChI=1S/C35H55NO3/c1-5-6-7-8-9-10-11-12-13-14-15-16-17-18-19-22-31(37)36-25-20-21-29-27(2)26-30-32(29)28(3)35(23-24-35)34(4,39)33(30)38/h12-13,26,39H,5-11,14-25H2,1-4H3,(H,36,37)/b13-12+/t34-/m0/s1. The molecule has 4 heteroatoms. The van der Waals surface area contributed by atoms with Gasteiger partial charge in [0.15, 0.2) is 5.78 Å². The van der Waals surface area contributed by atoms with Crippen molar-refractivity contribution < 1.29 is 14.7 Å². The number of unbranched alkanes of at least 4 members (excludes halogenated alkanes) is 11. The van der Waals surface area contributed by atoms with Gasteiger partial charge >= 0.3 is 0 Å². The SMILES string of the molecule is CCCCCCCC/C=C/CCCCCCCC(=O)NCCCC1=C(C)C=C2C(=O)[C@](C)(O)C3(CC3)C(C)=C21. The molecule has 1 amide bonds. The summed E-state index contributed by atoms with van der Waals surface area (Å²) in [6.07, 6.45) is 27.2. The molecule has 0 unspecified atom stereocenters. The first-order valence-corrected chi connectivity index (χ1v) is 16.1. The summed E-state index contributed by atoms with van der Waals surface area (Å²) in [6.45, 7) is 8.80. The maximum Gasteiger partial charge on any atom is 0.219 e. The number of fused-ring (bicyclic) bond motifs is 1. The lowest BCUT2D eigenvalue weighted by Gasteiger charge is -2.39. The summed E-state index contributed by atoms with van der Waals surface area (Å²) in [5.74, 6) is 0.0306. The Morgan fingerprint density at radius 1 is 0.923 bits per heavy atom. The van der Waals surface area contributed by atoms with E-state index in [1.54, 1.807) is 6.92 Å². The quantitative estimate of drug-likeness (QED) is 0.128. The molecule has 0 radical (unpaired) electrons. The number of rotatable bonds is 19. The molecule has 1 saturated carbocycles. The second-order valence-corrected chi connectivity index (χ2v) is 12.5. The first-order valence-electron chi connectivity index (χ1n) is 16.1. The minimum Gasteiger partial charge on any atom is -0.381 e. The molecule has 1 spiro atoms. The summed E-state index contributed by atoms with van der Waals surface area (Å²) in [5, 5.41) is 14.1. The van der Waals surface area contributed by atoms with E-state index in [4.69, 9.17) is 0 Å². The Kier molecular flexibility index (Phi) is 12.3. The first kappa shape index (κ1) is 31.6. The van der Waals surface area contributed by atoms with Gasteiger partial charge in [0, 0.05) is 24.0 Å². The molecule has 0 bridgehead atoms. The number of carbonyl (C=O) groups is 2. The summed E-state index contributed by atoms with van der Waals surface area (Å²) in [4.78, 5) is 25.4. The highest BCUT2D eigenvalue weighted by atomic mass is 16.3. The summed E-state index contributed by atoms with van der Waals surface area (Å²) >= 11 is 0. The molecule has 1 atom stereocenters. The topological polar surface area (TPSA) is 66.4 Å². The minimum absolute atomic E-state index is 0.122. The van der Waals surface area contributed by atoms with Crippen LogP contribution in [0.25, 0.3) is 0 Å². The lowest BCUT2D eigenvalue weighted by molar-refractivity contribution is -0.137. The fraction of sp³-hybridized carbons (Fsp3) is 0.714. The Balaban J connectivity index is 1.22. The number of Topliss-reactive ketones (excluding diaryl/α,β-unsaturated/α-hetero) is 1. The molecule has 3 rings (SSSR count). The van der Waals surface area contributed by atoms with E-state index in [-0.39, 0.29) is 17.1 Å². The van der Waals surface area contributed by atoms with Gasteiger partial charge in [0.25, 0.3) is 0 Å². The smallest absolute Gasteiger partial charge is 0.219 e. The molecule has 4 nitrogen and oxygen atoms in total. The molecule has 3 aliphatic carbocycles. The number of hydrogen-bond acceptors (Lipinski definition) is 3. The van der Waals surface area contributed by atoms with E-state index in [0.717, 1.165) is 49.7 Å². The Bertz CT molecular complexity index is 974. The highest BCUT2D eigenvalue weighted by molar-refractivity contribution is 6.10. The van der Waals surface area contributed by atoms with Gasteiger partial charge in [-0.3, -0.25) is 9.59 Å². The van der Waals surface area contributed by atoms with Crippen molar-refractivity contribution in [1.82, 2.24) is 5.32 Å². The number of aliphatic hydroxyl groups is 1. The molecular formula is C35H55NO3. The van der Waals surface area contributed by atoms with Gasteiger partial charge in [0.05, 0.1) is 0 Å². The van der Waals surface area contributed by atoms with E-state index in [9.17, 15) is 14.7 Å². The Morgan fingerprint density at radius 3 is 2.13 bits per heavy atom. The second-order valence-electron chi connectivity index (χ2n) is 12.5. The maximum atomic E-state index is 13.1. The van der Waals surface area contributed by atoms with Crippen molar-refractivity contribution in [3.8, 4) is 0 Å². The van der Waals surface area contributed by atoms with Gasteiger partial charge in [-0.15, -0.1) is 0 Å². The Morgan fingerprint density at radius 2 is 1.51 bits per heavy atom. The summed E-state index contributed by atoms with van der Waals surface area (Å²) in [7, 11) is 0. The highest BCUT2D eigenvalue weighted by Crippen LogP contribution is 2.65. The van der Waals surface area contributed by atoms with Crippen LogP contribution in [-0.4, -0.2) is 28.9 Å². The van der Waals surface area contributed by atoms with Crippen LogP contribution in [-0.2, 0) is 9.59 Å². The van der Waals surface area contributed by atoms with Crippen molar-refractivity contribution in [2.45, 2.75) is 149 Å². The fourth-order valence-corrected chi connectivity index (χ4v) is 6.67. The predicted molar refractivity (Wildman–Crippen MR) is 162 cm³/mol. The van der Waals surface area contributed by atoms with Crippen LogP contribution in [0, 0.1) is 5.41 Å². The van der Waals surface area contributed by atoms with E-state index in [1.165, 1.54) is 81.8 Å². The minimum atomic E-state index is -1.29. The molecule has 0 heterocycles. The van der Waals surface area contributed by atoms with Gasteiger partial charge in [0.1, 0.15) is 5.60 Å². The largest absolute Gasteiger partial charge is 0.381 e. The van der Waals surface area contributed by atoms with Gasteiger partial charge in [0.2, 0.25) is 5.91 Å². The van der Waals surface area contributed by atoms with Crippen LogP contribution in [0.5, 0.6) is 0 Å². The van der Waals surface area contributed by atoms with Crippen LogP contribution in [0.15, 0.2) is 46.1 Å². The number of hydrogen-bond donors (Lipinski definition) is 2. The fourth-order valence-electron chi connectivity index (χ4n) is 6.67. The first-order chi connectivity index (χ1) is 18.8. The lowest BCUT2D eigenvalue weighted by Crippen LogP contribution is -2.49.